The first-order valence-electron chi connectivity index (χ1n) is 16.9. The van der Waals surface area contributed by atoms with Crippen LogP contribution in [-0.4, -0.2) is 24.5 Å². The van der Waals surface area contributed by atoms with Gasteiger partial charge < -0.3 is 10.3 Å². The number of hydrogen-bond donors (Lipinski definition) is 2. The molecule has 0 saturated heterocycles. The van der Waals surface area contributed by atoms with Crippen LogP contribution in [0, 0.1) is 0 Å². The van der Waals surface area contributed by atoms with Crippen molar-refractivity contribution >= 4 is 58.4 Å². The molecule has 4 aliphatic rings. The number of rotatable bonds is 4. The number of fused-ring (bicyclic) bond motifs is 6. The average molecular weight is 718 g/mol. The molecule has 51 heavy (non-hydrogen) atoms. The van der Waals surface area contributed by atoms with Crippen molar-refractivity contribution in [2.75, 3.05) is 0 Å². The lowest BCUT2D eigenvalue weighted by Gasteiger charge is -2.30. The van der Waals surface area contributed by atoms with Crippen LogP contribution in [0.2, 0.25) is 0 Å². The van der Waals surface area contributed by atoms with Crippen molar-refractivity contribution < 1.29 is 0 Å². The minimum atomic E-state index is -0.639. The third kappa shape index (κ3) is 6.48. The molecule has 1 atom stereocenters. The van der Waals surface area contributed by atoms with Gasteiger partial charge >= 0.3 is 0 Å². The number of nitrogens with one attached hydrogen (secondary N) is 2. The van der Waals surface area contributed by atoms with Gasteiger partial charge in [-0.15, -0.1) is 0 Å². The van der Waals surface area contributed by atoms with Gasteiger partial charge in [0.1, 0.15) is 0 Å². The van der Waals surface area contributed by atoms with Crippen molar-refractivity contribution in [3.63, 3.8) is 0 Å². The molecule has 4 aromatic carbocycles. The summed E-state index contributed by atoms with van der Waals surface area (Å²) in [4.78, 5) is 14.5. The van der Waals surface area contributed by atoms with Crippen molar-refractivity contribution in [1.29, 1.82) is 0 Å². The highest BCUT2D eigenvalue weighted by atomic mass is 35.7. The number of aliphatic imine (C=N–C) groups is 2. The van der Waals surface area contributed by atoms with Crippen molar-refractivity contribution in [2.45, 2.75) is 12.0 Å². The number of nitrogens with zero attached hydrogens (tertiary/aromatic N) is 2. The lowest BCUT2D eigenvalue weighted by atomic mass is 9.87. The quantitative estimate of drug-likeness (QED) is 0.144. The van der Waals surface area contributed by atoms with Crippen molar-refractivity contribution in [3.8, 4) is 0 Å². The number of halogens is 2. The molecule has 7 heteroatoms. The SMILES string of the molecule is C1=CC2=NC1=CC1(c3ccccc3)CC=C(N1)C(c1ccccc1)=C1C=CC(=N1)C(c1ccccc1)=c1ccc([nH]1)=C2c1ccccc1.Cl[SiH2]Cl. The van der Waals surface area contributed by atoms with Crippen LogP contribution in [-0.2, 0) is 5.54 Å². The Bertz CT molecular complexity index is 2440. The number of aromatic amines is 1. The summed E-state index contributed by atoms with van der Waals surface area (Å²) in [5.74, 6) is 0. The van der Waals surface area contributed by atoms with E-state index in [4.69, 9.17) is 32.1 Å². The lowest BCUT2D eigenvalue weighted by Crippen LogP contribution is -2.36. The summed E-state index contributed by atoms with van der Waals surface area (Å²) in [6.07, 6.45) is 14.0. The fourth-order valence-corrected chi connectivity index (χ4v) is 7.19. The van der Waals surface area contributed by atoms with E-state index in [1.54, 1.807) is 0 Å². The maximum atomic E-state index is 5.39. The zero-order valence-electron chi connectivity index (χ0n) is 27.7. The largest absolute Gasteiger partial charge is 0.371 e. The molecule has 248 valence electrons. The van der Waals surface area contributed by atoms with Gasteiger partial charge in [0.2, 0.25) is 8.14 Å². The van der Waals surface area contributed by atoms with Gasteiger partial charge in [-0.3, -0.25) is 0 Å². The molecule has 1 unspecified atom stereocenters. The van der Waals surface area contributed by atoms with E-state index in [9.17, 15) is 0 Å². The first-order chi connectivity index (χ1) is 25.2. The summed E-state index contributed by atoms with van der Waals surface area (Å²) in [7, 11) is -0.639. The van der Waals surface area contributed by atoms with Crippen LogP contribution >= 0.6 is 22.2 Å². The van der Waals surface area contributed by atoms with Crippen LogP contribution in [0.5, 0.6) is 0 Å². The van der Waals surface area contributed by atoms with E-state index in [-0.39, 0.29) is 0 Å². The van der Waals surface area contributed by atoms with E-state index in [1.165, 1.54) is 5.56 Å². The monoisotopic (exact) mass is 716 g/mol. The lowest BCUT2D eigenvalue weighted by molar-refractivity contribution is 0.505. The molecule has 2 N–H and O–H groups in total. The molecule has 8 bridgehead atoms. The molecule has 5 aromatic rings. The van der Waals surface area contributed by atoms with Crippen LogP contribution < -0.4 is 16.0 Å². The Labute approximate surface area is 309 Å². The number of H-pyrrole nitrogens is 1. The minimum absolute atomic E-state index is 0.491. The summed E-state index contributed by atoms with van der Waals surface area (Å²) in [6, 6.07) is 46.7. The maximum Gasteiger partial charge on any atom is 0.222 e. The second-order valence-electron chi connectivity index (χ2n) is 12.5. The zero-order valence-corrected chi connectivity index (χ0v) is 30.7. The first-order valence-corrected chi connectivity index (χ1v) is 21.2. The molecule has 0 amide bonds. The molecule has 0 radical (unpaired) electrons. The Morgan fingerprint density at radius 2 is 1.04 bits per heavy atom. The maximum absolute atomic E-state index is 5.39. The Kier molecular flexibility index (Phi) is 9.25. The number of allylic oxidation sites excluding steroid dienone is 5. The van der Waals surface area contributed by atoms with Crippen LogP contribution in [0.3, 0.4) is 0 Å². The third-order valence-electron chi connectivity index (χ3n) is 9.42. The Hall–Kier alpha value is -5.46. The molecular weight excluding hydrogens is 684 g/mol. The van der Waals surface area contributed by atoms with E-state index in [0.29, 0.717) is 0 Å². The Balaban J connectivity index is 0.00000121. The average Bonchev–Trinajstić information content (AvgIpc) is 4.01. The normalized spacial score (nSPS) is 18.8. The Morgan fingerprint density at radius 1 is 0.549 bits per heavy atom. The van der Waals surface area contributed by atoms with E-state index < -0.39 is 13.7 Å². The van der Waals surface area contributed by atoms with E-state index in [0.717, 1.165) is 79.0 Å². The van der Waals surface area contributed by atoms with Gasteiger partial charge in [0.05, 0.1) is 28.4 Å². The Morgan fingerprint density at radius 3 is 1.61 bits per heavy atom. The van der Waals surface area contributed by atoms with Crippen LogP contribution in [0.15, 0.2) is 197 Å². The predicted octanol–water partition coefficient (Wildman–Crippen LogP) is 7.98. The molecule has 5 heterocycles. The number of aromatic nitrogens is 1. The molecule has 4 aliphatic heterocycles. The second kappa shape index (κ2) is 14.4. The van der Waals surface area contributed by atoms with Gasteiger partial charge in [0.15, 0.2) is 0 Å². The van der Waals surface area contributed by atoms with Gasteiger partial charge in [-0.1, -0.05) is 127 Å². The van der Waals surface area contributed by atoms with E-state index in [2.05, 4.69) is 180 Å². The first kappa shape index (κ1) is 32.7. The molecule has 0 fully saturated rings. The standard InChI is InChI=1S/C44H32N4.Cl2H2Si/c1-5-13-30(14-6-1)41-35-22-21-34(45-35)29-44(33-19-11-4-12-20-33)28-27-40(48-44)43(32-17-9-3-10-18-32)39-26-25-38(47-39)42(31-15-7-2-8-16-31)37-24-23-36(41)46-37;1-3-2/h1-27,29,46,48H,28H2;3H2. The topological polar surface area (TPSA) is 52.5 Å². The summed E-state index contributed by atoms with van der Waals surface area (Å²) in [5, 5.41) is 6.01. The predicted molar refractivity (Wildman–Crippen MR) is 217 cm³/mol. The van der Waals surface area contributed by atoms with Crippen LogP contribution in [0.1, 0.15) is 28.7 Å². The van der Waals surface area contributed by atoms with Crippen LogP contribution in [0.25, 0.3) is 16.7 Å². The molecular formula is C44H34Cl2N4Si. The van der Waals surface area contributed by atoms with Gasteiger partial charge in [-0.25, -0.2) is 9.98 Å². The van der Waals surface area contributed by atoms with E-state index >= 15 is 0 Å². The van der Waals surface area contributed by atoms with Gasteiger partial charge in [0, 0.05) is 33.1 Å². The van der Waals surface area contributed by atoms with Crippen molar-refractivity contribution in [2.24, 2.45) is 9.98 Å². The summed E-state index contributed by atoms with van der Waals surface area (Å²) in [6.45, 7) is 0. The van der Waals surface area contributed by atoms with Gasteiger partial charge in [-0.05, 0) is 71.2 Å². The summed E-state index contributed by atoms with van der Waals surface area (Å²) < 4.78 is 0. The highest BCUT2D eigenvalue weighted by Gasteiger charge is 2.37. The third-order valence-corrected chi connectivity index (χ3v) is 9.42. The number of hydrogen-bond acceptors (Lipinski definition) is 3. The molecule has 9 rings (SSSR count). The van der Waals surface area contributed by atoms with E-state index in [1.807, 2.05) is 0 Å². The van der Waals surface area contributed by atoms with Crippen molar-refractivity contribution in [1.82, 2.24) is 10.3 Å². The minimum Gasteiger partial charge on any atom is -0.371 e. The van der Waals surface area contributed by atoms with Gasteiger partial charge in [-0.2, -0.15) is 22.2 Å². The molecule has 4 nitrogen and oxygen atoms in total. The highest BCUT2D eigenvalue weighted by molar-refractivity contribution is 7.22. The summed E-state index contributed by atoms with van der Waals surface area (Å²) in [5.41, 5.74) is 12.0. The van der Waals surface area contributed by atoms with Gasteiger partial charge in [0.25, 0.3) is 0 Å². The summed E-state index contributed by atoms with van der Waals surface area (Å²) >= 11 is 9.81. The molecule has 1 aromatic heterocycles. The zero-order chi connectivity index (χ0) is 34.6. The number of benzene rings is 4. The molecule has 0 spiro atoms. The fourth-order valence-electron chi connectivity index (χ4n) is 7.19. The fraction of sp³-hybridized carbons (Fsp3) is 0.0455. The highest BCUT2D eigenvalue weighted by Crippen LogP contribution is 2.41. The van der Waals surface area contributed by atoms with Crippen LogP contribution in [0.4, 0.5) is 0 Å². The molecule has 0 aliphatic carbocycles. The second-order valence-corrected chi connectivity index (χ2v) is 15.1. The molecule has 0 saturated carbocycles. The van der Waals surface area contributed by atoms with Crippen molar-refractivity contribution in [3.05, 3.63) is 220 Å². The smallest absolute Gasteiger partial charge is 0.222 e.